The molecule has 0 aromatic heterocycles. The van der Waals surface area contributed by atoms with Crippen LogP contribution in [0, 0.1) is 6.07 Å². The van der Waals surface area contributed by atoms with Crippen LogP contribution in [0.5, 0.6) is 0 Å². The van der Waals surface area contributed by atoms with Crippen LogP contribution in [0.25, 0.3) is 0 Å². The molecule has 0 spiro atoms. The fourth-order valence-corrected chi connectivity index (χ4v) is 2.19. The molecule has 1 aromatic rings. The van der Waals surface area contributed by atoms with E-state index >= 15 is 0 Å². The molecular formula is C9H10NS. The molecule has 0 saturated carbocycles. The molecule has 2 rings (SSSR count). The van der Waals surface area contributed by atoms with Crippen LogP contribution in [0.3, 0.4) is 0 Å². The first-order valence-electron chi connectivity index (χ1n) is 3.83. The Kier molecular flexibility index (Phi) is 2.04. The van der Waals surface area contributed by atoms with Gasteiger partial charge in [-0.25, -0.2) is 0 Å². The van der Waals surface area contributed by atoms with Crippen molar-refractivity contribution in [1.82, 2.24) is 0 Å². The summed E-state index contributed by atoms with van der Waals surface area (Å²) in [7, 11) is 0. The summed E-state index contributed by atoms with van der Waals surface area (Å²) in [6.07, 6.45) is 1.31. The maximum Gasteiger partial charge on any atom is 0.0475 e. The lowest BCUT2D eigenvalue weighted by atomic mass is 10.3. The zero-order chi connectivity index (χ0) is 7.52. The van der Waals surface area contributed by atoms with E-state index in [9.17, 15) is 0 Å². The summed E-state index contributed by atoms with van der Waals surface area (Å²) in [5.74, 6) is 1.26. The number of nitrogens with zero attached hydrogens (tertiary/aromatic N) is 1. The lowest BCUT2D eigenvalue weighted by Gasteiger charge is -2.14. The van der Waals surface area contributed by atoms with Crippen LogP contribution < -0.4 is 4.31 Å². The Bertz CT molecular complexity index is 216. The standard InChI is InChI=1S/C9H10NS/c1-2-5-9(6-3-1)10-7-4-8-11-10/h1-2,5-6H,4,7-8H2. The van der Waals surface area contributed by atoms with Gasteiger partial charge >= 0.3 is 0 Å². The van der Waals surface area contributed by atoms with Crippen LogP contribution in [-0.2, 0) is 0 Å². The number of anilines is 1. The quantitative estimate of drug-likeness (QED) is 0.586. The highest BCUT2D eigenvalue weighted by molar-refractivity contribution is 8.00. The molecule has 1 aromatic carbocycles. The van der Waals surface area contributed by atoms with Crippen molar-refractivity contribution in [1.29, 1.82) is 0 Å². The van der Waals surface area contributed by atoms with Crippen molar-refractivity contribution in [2.75, 3.05) is 16.6 Å². The highest BCUT2D eigenvalue weighted by atomic mass is 32.2. The van der Waals surface area contributed by atoms with E-state index < -0.39 is 0 Å². The van der Waals surface area contributed by atoms with Gasteiger partial charge in [0, 0.05) is 18.0 Å². The third-order valence-electron chi connectivity index (χ3n) is 1.73. The molecule has 1 aliphatic rings. The van der Waals surface area contributed by atoms with Gasteiger partial charge < -0.3 is 4.31 Å². The molecule has 0 N–H and O–H groups in total. The van der Waals surface area contributed by atoms with Gasteiger partial charge in [-0.15, -0.1) is 0 Å². The van der Waals surface area contributed by atoms with E-state index in [2.05, 4.69) is 16.4 Å². The summed E-state index contributed by atoms with van der Waals surface area (Å²) in [6, 6.07) is 11.2. The summed E-state index contributed by atoms with van der Waals surface area (Å²) < 4.78 is 2.33. The Balaban J connectivity index is 2.16. The summed E-state index contributed by atoms with van der Waals surface area (Å²) in [5, 5.41) is 0. The number of benzene rings is 1. The molecule has 0 amide bonds. The zero-order valence-corrected chi connectivity index (χ0v) is 7.10. The van der Waals surface area contributed by atoms with Crippen molar-refractivity contribution < 1.29 is 0 Å². The minimum absolute atomic E-state index is 1.18. The van der Waals surface area contributed by atoms with Crippen molar-refractivity contribution in [3.05, 3.63) is 30.3 Å². The van der Waals surface area contributed by atoms with Crippen LogP contribution in [0.1, 0.15) is 6.42 Å². The second kappa shape index (κ2) is 3.18. The van der Waals surface area contributed by atoms with E-state index in [-0.39, 0.29) is 0 Å². The van der Waals surface area contributed by atoms with E-state index in [1.165, 1.54) is 24.4 Å². The van der Waals surface area contributed by atoms with Crippen LogP contribution in [0.2, 0.25) is 0 Å². The van der Waals surface area contributed by atoms with Gasteiger partial charge in [-0.05, 0) is 36.6 Å². The Morgan fingerprint density at radius 1 is 1.55 bits per heavy atom. The Morgan fingerprint density at radius 2 is 2.55 bits per heavy atom. The summed E-state index contributed by atoms with van der Waals surface area (Å²) in [6.45, 7) is 1.18. The maximum absolute atomic E-state index is 3.08. The van der Waals surface area contributed by atoms with E-state index in [4.69, 9.17) is 0 Å². The smallest absolute Gasteiger partial charge is 0.0475 e. The van der Waals surface area contributed by atoms with Crippen molar-refractivity contribution in [3.8, 4) is 0 Å². The van der Waals surface area contributed by atoms with E-state index in [1.807, 2.05) is 30.1 Å². The summed E-state index contributed by atoms with van der Waals surface area (Å²) in [4.78, 5) is 0. The average Bonchev–Trinajstić information content (AvgIpc) is 2.58. The SMILES string of the molecule is [c]1cccc(N2CCCS2)c1. The number of hydrogen-bond donors (Lipinski definition) is 0. The molecular weight excluding hydrogens is 154 g/mol. The van der Waals surface area contributed by atoms with Gasteiger partial charge in [0.15, 0.2) is 0 Å². The Hall–Kier alpha value is -0.630. The molecule has 2 heteroatoms. The highest BCUT2D eigenvalue weighted by Crippen LogP contribution is 2.27. The molecule has 1 aliphatic heterocycles. The fourth-order valence-electron chi connectivity index (χ4n) is 1.19. The Labute approximate surface area is 71.5 Å². The van der Waals surface area contributed by atoms with Crippen molar-refractivity contribution in [2.45, 2.75) is 6.42 Å². The largest absolute Gasteiger partial charge is 0.316 e. The minimum Gasteiger partial charge on any atom is -0.316 e. The molecule has 57 valence electrons. The first-order valence-corrected chi connectivity index (χ1v) is 4.77. The number of hydrogen-bond acceptors (Lipinski definition) is 2. The predicted octanol–water partition coefficient (Wildman–Crippen LogP) is 2.35. The minimum atomic E-state index is 1.18. The maximum atomic E-state index is 3.08. The molecule has 1 fully saturated rings. The highest BCUT2D eigenvalue weighted by Gasteiger charge is 2.11. The summed E-state index contributed by atoms with van der Waals surface area (Å²) in [5.41, 5.74) is 1.29. The van der Waals surface area contributed by atoms with Crippen molar-refractivity contribution in [3.63, 3.8) is 0 Å². The molecule has 0 bridgehead atoms. The lowest BCUT2D eigenvalue weighted by molar-refractivity contribution is 0.989. The van der Waals surface area contributed by atoms with Crippen molar-refractivity contribution in [2.24, 2.45) is 0 Å². The second-order valence-electron chi connectivity index (χ2n) is 2.55. The van der Waals surface area contributed by atoms with Gasteiger partial charge in [-0.3, -0.25) is 0 Å². The normalized spacial score (nSPS) is 17.3. The molecule has 1 nitrogen and oxygen atoms in total. The fraction of sp³-hybridized carbons (Fsp3) is 0.333. The molecule has 1 saturated heterocycles. The van der Waals surface area contributed by atoms with Gasteiger partial charge in [0.2, 0.25) is 0 Å². The van der Waals surface area contributed by atoms with Crippen LogP contribution in [-0.4, -0.2) is 12.3 Å². The van der Waals surface area contributed by atoms with Crippen LogP contribution in [0.4, 0.5) is 5.69 Å². The third-order valence-corrected chi connectivity index (χ3v) is 2.91. The van der Waals surface area contributed by atoms with Gasteiger partial charge in [-0.1, -0.05) is 12.1 Å². The second-order valence-corrected chi connectivity index (χ2v) is 3.66. The van der Waals surface area contributed by atoms with Gasteiger partial charge in [-0.2, -0.15) is 0 Å². The molecule has 0 aliphatic carbocycles. The molecule has 0 atom stereocenters. The first kappa shape index (κ1) is 7.04. The lowest BCUT2D eigenvalue weighted by Crippen LogP contribution is -2.07. The third kappa shape index (κ3) is 1.51. The Morgan fingerprint density at radius 3 is 3.18 bits per heavy atom. The molecule has 1 heterocycles. The van der Waals surface area contributed by atoms with Crippen LogP contribution in [0.15, 0.2) is 24.3 Å². The molecule has 11 heavy (non-hydrogen) atoms. The predicted molar refractivity (Wildman–Crippen MR) is 49.7 cm³/mol. The zero-order valence-electron chi connectivity index (χ0n) is 6.29. The van der Waals surface area contributed by atoms with Crippen LogP contribution >= 0.6 is 11.9 Å². The van der Waals surface area contributed by atoms with Crippen molar-refractivity contribution >= 4 is 17.6 Å². The molecule has 1 radical (unpaired) electrons. The van der Waals surface area contributed by atoms with Gasteiger partial charge in [0.05, 0.1) is 0 Å². The van der Waals surface area contributed by atoms with Gasteiger partial charge in [0.25, 0.3) is 0 Å². The summed E-state index contributed by atoms with van der Waals surface area (Å²) >= 11 is 1.91. The topological polar surface area (TPSA) is 3.24 Å². The first-order chi connectivity index (χ1) is 5.47. The van der Waals surface area contributed by atoms with E-state index in [0.29, 0.717) is 0 Å². The van der Waals surface area contributed by atoms with E-state index in [1.54, 1.807) is 0 Å². The van der Waals surface area contributed by atoms with E-state index in [0.717, 1.165) is 0 Å². The van der Waals surface area contributed by atoms with Gasteiger partial charge in [0.1, 0.15) is 0 Å². The average molecular weight is 164 g/mol. The monoisotopic (exact) mass is 164 g/mol. The number of rotatable bonds is 1. The molecule has 0 unspecified atom stereocenters.